The van der Waals surface area contributed by atoms with Crippen molar-refractivity contribution in [1.82, 2.24) is 9.80 Å². The van der Waals surface area contributed by atoms with Gasteiger partial charge in [-0.2, -0.15) is 5.26 Å². The number of likely N-dealkylation sites (tertiary alicyclic amines) is 1. The van der Waals surface area contributed by atoms with Crippen LogP contribution in [0.5, 0.6) is 0 Å². The van der Waals surface area contributed by atoms with Gasteiger partial charge >= 0.3 is 0 Å². The molecule has 0 amide bonds. The van der Waals surface area contributed by atoms with Crippen molar-refractivity contribution in [2.24, 2.45) is 10.9 Å². The third-order valence-corrected chi connectivity index (χ3v) is 6.15. The van der Waals surface area contributed by atoms with E-state index in [2.05, 4.69) is 48.0 Å². The quantitative estimate of drug-likeness (QED) is 0.392. The van der Waals surface area contributed by atoms with E-state index in [0.717, 1.165) is 57.7 Å². The van der Waals surface area contributed by atoms with Crippen LogP contribution >= 0.6 is 0 Å². The third-order valence-electron chi connectivity index (χ3n) is 6.15. The minimum atomic E-state index is 0.0361. The molecule has 0 atom stereocenters. The summed E-state index contributed by atoms with van der Waals surface area (Å²) >= 11 is 0. The maximum Gasteiger partial charge on any atom is 0.101 e. The van der Waals surface area contributed by atoms with Gasteiger partial charge in [-0.15, -0.1) is 0 Å². The average Bonchev–Trinajstić information content (AvgIpc) is 3.37. The van der Waals surface area contributed by atoms with Crippen LogP contribution in [0, 0.1) is 17.2 Å². The smallest absolute Gasteiger partial charge is 0.101 e. The fourth-order valence-corrected chi connectivity index (χ4v) is 4.68. The lowest BCUT2D eigenvalue weighted by Crippen LogP contribution is -2.61. The first-order valence-corrected chi connectivity index (χ1v) is 10.3. The van der Waals surface area contributed by atoms with Crippen LogP contribution in [-0.4, -0.2) is 67.0 Å². The zero-order valence-corrected chi connectivity index (χ0v) is 17.0. The van der Waals surface area contributed by atoms with E-state index in [4.69, 9.17) is 4.74 Å². The van der Waals surface area contributed by atoms with E-state index < -0.39 is 0 Å². The molecular weight excluding hydrogens is 336 g/mol. The molecule has 1 saturated carbocycles. The van der Waals surface area contributed by atoms with E-state index in [0.29, 0.717) is 11.5 Å². The van der Waals surface area contributed by atoms with Crippen molar-refractivity contribution >= 4 is 6.72 Å². The first kappa shape index (κ1) is 20.3. The zero-order chi connectivity index (χ0) is 19.5. The standard InChI is InChI=1S/C22H34N4O/c1-5-19(14-23)20(24-4)6-11-25-12-9-22(10-13-25)17-26(15-18(2)3)16-21(27-22)7-8-21/h5,18H,1,4,6-13,15-17H2,2-3H3/b20-19+. The number of nitriles is 1. The monoisotopic (exact) mass is 370 g/mol. The Hall–Kier alpha value is -1.48. The summed E-state index contributed by atoms with van der Waals surface area (Å²) in [5.41, 5.74) is 1.48. The Morgan fingerprint density at radius 1 is 1.19 bits per heavy atom. The van der Waals surface area contributed by atoms with E-state index in [1.54, 1.807) is 6.08 Å². The Balaban J connectivity index is 1.56. The molecule has 27 heavy (non-hydrogen) atoms. The molecular formula is C22H34N4O. The number of piperidine rings is 1. The van der Waals surface area contributed by atoms with E-state index in [1.165, 1.54) is 19.4 Å². The van der Waals surface area contributed by atoms with Gasteiger partial charge in [-0.3, -0.25) is 9.89 Å². The number of hydrogen-bond donors (Lipinski definition) is 0. The van der Waals surface area contributed by atoms with Crippen molar-refractivity contribution in [3.63, 3.8) is 0 Å². The minimum Gasteiger partial charge on any atom is -0.366 e. The number of aliphatic imine (C=N–C) groups is 1. The van der Waals surface area contributed by atoms with Gasteiger partial charge in [0.05, 0.1) is 22.5 Å². The molecule has 0 radical (unpaired) electrons. The van der Waals surface area contributed by atoms with Crippen molar-refractivity contribution in [1.29, 1.82) is 5.26 Å². The number of rotatable bonds is 7. The molecule has 5 heteroatoms. The molecule has 0 bridgehead atoms. The number of allylic oxidation sites excluding steroid dienone is 2. The Kier molecular flexibility index (Phi) is 6.20. The molecule has 0 N–H and O–H groups in total. The highest BCUT2D eigenvalue weighted by Crippen LogP contribution is 2.49. The predicted molar refractivity (Wildman–Crippen MR) is 110 cm³/mol. The highest BCUT2D eigenvalue weighted by Gasteiger charge is 2.55. The second-order valence-electron chi connectivity index (χ2n) is 8.96. The molecule has 2 saturated heterocycles. The molecule has 0 aromatic rings. The molecule has 0 unspecified atom stereocenters. The van der Waals surface area contributed by atoms with E-state index in [9.17, 15) is 5.26 Å². The maximum absolute atomic E-state index is 9.17. The normalized spacial score (nSPS) is 25.3. The number of ether oxygens (including phenoxy) is 1. The molecule has 1 aliphatic carbocycles. The van der Waals surface area contributed by atoms with Crippen LogP contribution in [0.3, 0.4) is 0 Å². The van der Waals surface area contributed by atoms with Crippen molar-refractivity contribution in [3.05, 3.63) is 23.9 Å². The molecule has 2 spiro atoms. The fraction of sp³-hybridized carbons (Fsp3) is 0.727. The number of hydrogen-bond acceptors (Lipinski definition) is 5. The Labute approximate surface area is 164 Å². The van der Waals surface area contributed by atoms with Crippen LogP contribution in [0.15, 0.2) is 28.9 Å². The zero-order valence-electron chi connectivity index (χ0n) is 17.0. The van der Waals surface area contributed by atoms with E-state index >= 15 is 0 Å². The van der Waals surface area contributed by atoms with Crippen LogP contribution in [0.4, 0.5) is 0 Å². The summed E-state index contributed by atoms with van der Waals surface area (Å²) in [6.45, 7) is 18.3. The van der Waals surface area contributed by atoms with Crippen molar-refractivity contribution in [2.45, 2.75) is 57.2 Å². The third kappa shape index (κ3) is 4.87. The summed E-state index contributed by atoms with van der Waals surface area (Å²) in [5, 5.41) is 9.17. The second-order valence-corrected chi connectivity index (χ2v) is 8.96. The number of morpholine rings is 1. The van der Waals surface area contributed by atoms with Gasteiger partial charge in [-0.25, -0.2) is 0 Å². The molecule has 5 nitrogen and oxygen atoms in total. The van der Waals surface area contributed by atoms with Gasteiger partial charge in [0.25, 0.3) is 0 Å². The summed E-state index contributed by atoms with van der Waals surface area (Å²) in [6, 6.07) is 2.16. The molecule has 2 aliphatic heterocycles. The average molecular weight is 371 g/mol. The lowest BCUT2D eigenvalue weighted by molar-refractivity contribution is -0.189. The Morgan fingerprint density at radius 2 is 1.81 bits per heavy atom. The van der Waals surface area contributed by atoms with Crippen LogP contribution in [0.25, 0.3) is 0 Å². The summed E-state index contributed by atoms with van der Waals surface area (Å²) in [5.74, 6) is 0.701. The van der Waals surface area contributed by atoms with Crippen molar-refractivity contribution < 1.29 is 4.74 Å². The maximum atomic E-state index is 9.17. The summed E-state index contributed by atoms with van der Waals surface area (Å²) in [4.78, 5) is 9.17. The van der Waals surface area contributed by atoms with Crippen LogP contribution in [0.2, 0.25) is 0 Å². The minimum absolute atomic E-state index is 0.0361. The van der Waals surface area contributed by atoms with Crippen LogP contribution < -0.4 is 0 Å². The molecule has 0 aromatic carbocycles. The summed E-state index contributed by atoms with van der Waals surface area (Å²) < 4.78 is 6.73. The highest BCUT2D eigenvalue weighted by atomic mass is 16.5. The van der Waals surface area contributed by atoms with Gasteiger partial charge in [0, 0.05) is 45.7 Å². The lowest BCUT2D eigenvalue weighted by Gasteiger charge is -2.51. The molecule has 3 rings (SSSR count). The lowest BCUT2D eigenvalue weighted by atomic mass is 9.87. The largest absolute Gasteiger partial charge is 0.366 e. The van der Waals surface area contributed by atoms with Crippen LogP contribution in [0.1, 0.15) is 46.0 Å². The van der Waals surface area contributed by atoms with Gasteiger partial charge in [0.1, 0.15) is 6.07 Å². The van der Waals surface area contributed by atoms with Crippen molar-refractivity contribution in [3.8, 4) is 6.07 Å². The predicted octanol–water partition coefficient (Wildman–Crippen LogP) is 3.40. The van der Waals surface area contributed by atoms with Gasteiger partial charge in [-0.1, -0.05) is 20.4 Å². The SMILES string of the molecule is C=C/C(C#N)=C(/CCN1CCC2(CC1)CN(CC(C)C)CC1(CC1)O2)N=C. The molecule has 3 aliphatic rings. The molecule has 0 aromatic heterocycles. The summed E-state index contributed by atoms with van der Waals surface area (Å²) in [7, 11) is 0. The summed E-state index contributed by atoms with van der Waals surface area (Å²) in [6.07, 6.45) is 6.96. The van der Waals surface area contributed by atoms with E-state index in [1.807, 2.05) is 0 Å². The Bertz CT molecular complexity index is 633. The van der Waals surface area contributed by atoms with Gasteiger partial charge in [0.15, 0.2) is 0 Å². The molecule has 2 heterocycles. The topological polar surface area (TPSA) is 51.9 Å². The first-order valence-electron chi connectivity index (χ1n) is 10.3. The van der Waals surface area contributed by atoms with Crippen LogP contribution in [-0.2, 0) is 4.74 Å². The fourth-order valence-electron chi connectivity index (χ4n) is 4.68. The molecule has 3 fully saturated rings. The highest BCUT2D eigenvalue weighted by molar-refractivity contribution is 5.40. The van der Waals surface area contributed by atoms with Gasteiger partial charge in [0.2, 0.25) is 0 Å². The second kappa shape index (κ2) is 8.26. The first-order chi connectivity index (χ1) is 12.9. The Morgan fingerprint density at radius 3 is 2.30 bits per heavy atom. The van der Waals surface area contributed by atoms with Crippen molar-refractivity contribution in [2.75, 3.05) is 39.3 Å². The number of nitrogens with zero attached hydrogens (tertiary/aromatic N) is 4. The van der Waals surface area contributed by atoms with Gasteiger partial charge < -0.3 is 9.64 Å². The molecule has 148 valence electrons. The van der Waals surface area contributed by atoms with E-state index in [-0.39, 0.29) is 11.2 Å². The van der Waals surface area contributed by atoms with Gasteiger partial charge in [-0.05, 0) is 44.4 Å².